The Morgan fingerprint density at radius 3 is 2.38 bits per heavy atom. The first-order valence-electron chi connectivity index (χ1n) is 10.5. The van der Waals surface area contributed by atoms with Crippen LogP contribution in [0.2, 0.25) is 5.02 Å². The molecule has 1 aliphatic rings. The number of aliphatic carboxylic acids is 1. The van der Waals surface area contributed by atoms with Gasteiger partial charge >= 0.3 is 5.97 Å². The van der Waals surface area contributed by atoms with Gasteiger partial charge in [0, 0.05) is 16.3 Å². The number of phenols is 1. The minimum Gasteiger partial charge on any atom is -0.507 e. The maximum Gasteiger partial charge on any atom is 0.313 e. The second-order valence-corrected chi connectivity index (χ2v) is 10.6. The molecule has 0 saturated heterocycles. The van der Waals surface area contributed by atoms with Gasteiger partial charge in [0.15, 0.2) is 0 Å². The van der Waals surface area contributed by atoms with Crippen molar-refractivity contribution < 1.29 is 24.2 Å². The van der Waals surface area contributed by atoms with Gasteiger partial charge in [-0.2, -0.15) is 0 Å². The van der Waals surface area contributed by atoms with Gasteiger partial charge in [-0.05, 0) is 74.4 Å². The number of anilines is 1. The molecule has 0 radical (unpaired) electrons. The number of benzene rings is 3. The van der Waals surface area contributed by atoms with Crippen molar-refractivity contribution >= 4 is 45.1 Å². The van der Waals surface area contributed by atoms with Crippen LogP contribution in [0.4, 0.5) is 10.1 Å². The zero-order chi connectivity index (χ0) is 24.9. The van der Waals surface area contributed by atoms with Crippen LogP contribution in [-0.2, 0) is 10.2 Å². The van der Waals surface area contributed by atoms with Crippen molar-refractivity contribution in [2.45, 2.75) is 38.1 Å². The molecule has 1 aliphatic heterocycles. The third-order valence-corrected chi connectivity index (χ3v) is 6.96. The second kappa shape index (κ2) is 8.71. The Bertz CT molecular complexity index is 1320. The molecule has 2 atom stereocenters. The lowest BCUT2D eigenvalue weighted by molar-refractivity contribution is -0.139. The van der Waals surface area contributed by atoms with E-state index in [9.17, 15) is 24.2 Å². The molecule has 3 aromatic rings. The van der Waals surface area contributed by atoms with Gasteiger partial charge in [0.2, 0.25) is 0 Å². The highest BCUT2D eigenvalue weighted by Crippen LogP contribution is 2.47. The van der Waals surface area contributed by atoms with Crippen molar-refractivity contribution in [2.75, 3.05) is 4.90 Å². The van der Waals surface area contributed by atoms with Crippen LogP contribution in [0.5, 0.6) is 5.75 Å². The Balaban J connectivity index is 2.00. The summed E-state index contributed by atoms with van der Waals surface area (Å²) in [4.78, 5) is 27.6. The number of carbonyl (C=O) groups is 2. The summed E-state index contributed by atoms with van der Waals surface area (Å²) in [6.07, 6.45) is 0. The highest BCUT2D eigenvalue weighted by molar-refractivity contribution is 9.10. The summed E-state index contributed by atoms with van der Waals surface area (Å²) in [5, 5.41) is 20.7. The molecule has 1 heterocycles. The molecule has 5 nitrogen and oxygen atoms in total. The van der Waals surface area contributed by atoms with E-state index in [1.807, 2.05) is 26.8 Å². The average molecular weight is 547 g/mol. The number of carboxylic acid groups (broad SMARTS) is 1. The Kier molecular flexibility index (Phi) is 6.21. The second-order valence-electron chi connectivity index (χ2n) is 9.29. The highest BCUT2D eigenvalue weighted by Gasteiger charge is 2.45. The van der Waals surface area contributed by atoms with E-state index < -0.39 is 29.7 Å². The predicted octanol–water partition coefficient (Wildman–Crippen LogP) is 6.81. The van der Waals surface area contributed by atoms with Crippen molar-refractivity contribution in [3.05, 3.63) is 92.2 Å². The van der Waals surface area contributed by atoms with Gasteiger partial charge in [-0.1, -0.05) is 50.6 Å². The number of amides is 1. The molecular weight excluding hydrogens is 525 g/mol. The van der Waals surface area contributed by atoms with Gasteiger partial charge in [0.1, 0.15) is 17.5 Å². The molecule has 3 aromatic carbocycles. The number of rotatable bonds is 3. The Labute approximate surface area is 209 Å². The summed E-state index contributed by atoms with van der Waals surface area (Å²) >= 11 is 9.86. The molecule has 1 amide bonds. The number of phenolic OH excluding ortho intramolecular Hbond substituents is 1. The number of hydrogen-bond acceptors (Lipinski definition) is 3. The van der Waals surface area contributed by atoms with Gasteiger partial charge in [-0.3, -0.25) is 14.5 Å². The fourth-order valence-corrected chi connectivity index (χ4v) is 5.27. The van der Waals surface area contributed by atoms with Crippen LogP contribution in [0.1, 0.15) is 59.8 Å². The summed E-state index contributed by atoms with van der Waals surface area (Å²) in [5.74, 6) is -3.56. The molecule has 34 heavy (non-hydrogen) atoms. The Hall–Kier alpha value is -2.90. The van der Waals surface area contributed by atoms with E-state index in [0.717, 1.165) is 17.7 Å². The van der Waals surface area contributed by atoms with Crippen LogP contribution < -0.4 is 4.90 Å². The summed E-state index contributed by atoms with van der Waals surface area (Å²) in [6.45, 7) is 6.03. The van der Waals surface area contributed by atoms with Gasteiger partial charge in [-0.15, -0.1) is 0 Å². The van der Waals surface area contributed by atoms with E-state index in [1.165, 1.54) is 17.0 Å². The molecule has 0 spiro atoms. The Morgan fingerprint density at radius 2 is 1.79 bits per heavy atom. The molecule has 0 aromatic heterocycles. The number of halogens is 3. The fraction of sp³-hybridized carbons (Fsp3) is 0.231. The standard InChI is InChI=1S/C26H22BrClFNO4/c1-26(2,3)18-8-6-15(12-20(18)28)30-23(13-4-9-21(31)19(27)10-13)22(25(33)34)16-7-5-14(29)11-17(16)24(30)32/h4-12,22-23,31H,1-3H3,(H,33,34). The van der Waals surface area contributed by atoms with E-state index in [-0.39, 0.29) is 22.3 Å². The summed E-state index contributed by atoms with van der Waals surface area (Å²) in [7, 11) is 0. The number of nitrogens with zero attached hydrogens (tertiary/aromatic N) is 1. The number of fused-ring (bicyclic) bond motifs is 1. The number of aromatic hydroxyl groups is 1. The zero-order valence-corrected chi connectivity index (χ0v) is 21.0. The van der Waals surface area contributed by atoms with E-state index in [0.29, 0.717) is 20.7 Å². The van der Waals surface area contributed by atoms with Crippen LogP contribution in [0.15, 0.2) is 59.1 Å². The molecule has 4 rings (SSSR count). The lowest BCUT2D eigenvalue weighted by atomic mass is 9.79. The van der Waals surface area contributed by atoms with Crippen molar-refractivity contribution in [3.8, 4) is 5.75 Å². The van der Waals surface area contributed by atoms with Gasteiger partial charge in [-0.25, -0.2) is 4.39 Å². The SMILES string of the molecule is CC(C)(C)c1ccc(N2C(=O)c3cc(F)ccc3C(C(=O)O)C2c2ccc(O)c(Br)c2)cc1Cl. The number of carboxylic acids is 1. The van der Waals surface area contributed by atoms with Gasteiger partial charge < -0.3 is 10.2 Å². The first-order valence-corrected chi connectivity index (χ1v) is 11.7. The molecule has 176 valence electrons. The van der Waals surface area contributed by atoms with E-state index >= 15 is 0 Å². The molecular formula is C26H22BrClFNO4. The quantitative estimate of drug-likeness (QED) is 0.378. The monoisotopic (exact) mass is 545 g/mol. The van der Waals surface area contributed by atoms with E-state index in [1.54, 1.807) is 24.3 Å². The van der Waals surface area contributed by atoms with Crippen molar-refractivity contribution in [1.29, 1.82) is 0 Å². The van der Waals surface area contributed by atoms with Crippen LogP contribution in [0, 0.1) is 5.82 Å². The van der Waals surface area contributed by atoms with Crippen LogP contribution in [-0.4, -0.2) is 22.1 Å². The van der Waals surface area contributed by atoms with Crippen molar-refractivity contribution in [3.63, 3.8) is 0 Å². The van der Waals surface area contributed by atoms with Gasteiger partial charge in [0.05, 0.1) is 10.5 Å². The number of hydrogen-bond donors (Lipinski definition) is 2. The molecule has 0 aliphatic carbocycles. The highest BCUT2D eigenvalue weighted by atomic mass is 79.9. The van der Waals surface area contributed by atoms with E-state index in [2.05, 4.69) is 15.9 Å². The van der Waals surface area contributed by atoms with Crippen LogP contribution >= 0.6 is 27.5 Å². The maximum absolute atomic E-state index is 14.1. The van der Waals surface area contributed by atoms with E-state index in [4.69, 9.17) is 11.6 Å². The summed E-state index contributed by atoms with van der Waals surface area (Å²) < 4.78 is 14.5. The minimum absolute atomic E-state index is 0.0162. The molecule has 2 unspecified atom stereocenters. The molecule has 0 bridgehead atoms. The molecule has 0 saturated carbocycles. The number of carbonyl (C=O) groups excluding carboxylic acids is 1. The third kappa shape index (κ3) is 4.18. The van der Waals surface area contributed by atoms with Gasteiger partial charge in [0.25, 0.3) is 5.91 Å². The van der Waals surface area contributed by atoms with Crippen molar-refractivity contribution in [1.82, 2.24) is 0 Å². The fourth-order valence-electron chi connectivity index (χ4n) is 4.42. The zero-order valence-electron chi connectivity index (χ0n) is 18.6. The average Bonchev–Trinajstić information content (AvgIpc) is 2.74. The largest absolute Gasteiger partial charge is 0.507 e. The van der Waals surface area contributed by atoms with Crippen molar-refractivity contribution in [2.24, 2.45) is 0 Å². The van der Waals surface area contributed by atoms with Crippen LogP contribution in [0.3, 0.4) is 0 Å². The molecule has 0 fully saturated rings. The third-order valence-electron chi connectivity index (χ3n) is 6.01. The first kappa shape index (κ1) is 24.2. The molecule has 8 heteroatoms. The topological polar surface area (TPSA) is 77.8 Å². The lowest BCUT2D eigenvalue weighted by Gasteiger charge is -2.41. The summed E-state index contributed by atoms with van der Waals surface area (Å²) in [6, 6.07) is 12.3. The smallest absolute Gasteiger partial charge is 0.313 e. The summed E-state index contributed by atoms with van der Waals surface area (Å²) in [5.41, 5.74) is 1.70. The normalized spacial score (nSPS) is 18.1. The molecule has 2 N–H and O–H groups in total. The predicted molar refractivity (Wildman–Crippen MR) is 132 cm³/mol. The first-order chi connectivity index (χ1) is 15.9. The maximum atomic E-state index is 14.1. The lowest BCUT2D eigenvalue weighted by Crippen LogP contribution is -2.45. The van der Waals surface area contributed by atoms with Crippen LogP contribution in [0.25, 0.3) is 0 Å². The Morgan fingerprint density at radius 1 is 1.09 bits per heavy atom. The minimum atomic E-state index is -1.19.